The predicted octanol–water partition coefficient (Wildman–Crippen LogP) is 1.88. The van der Waals surface area contributed by atoms with Crippen molar-refractivity contribution in [2.45, 2.75) is 45.1 Å². The normalized spacial score (nSPS) is 20.6. The zero-order valence-electron chi connectivity index (χ0n) is 13.1. The minimum Gasteiger partial charge on any atom is -0.388 e. The third-order valence-electron chi connectivity index (χ3n) is 4.28. The highest BCUT2D eigenvalue weighted by molar-refractivity contribution is 5.91. The minimum absolute atomic E-state index is 0.183. The zero-order valence-corrected chi connectivity index (χ0v) is 13.1. The fraction of sp³-hybridized carbons (Fsp3) is 0.625. The van der Waals surface area contributed by atoms with Gasteiger partial charge in [-0.25, -0.2) is 0 Å². The summed E-state index contributed by atoms with van der Waals surface area (Å²) in [4.78, 5) is 11.8. The third-order valence-corrected chi connectivity index (χ3v) is 4.28. The molecule has 0 spiro atoms. The standard InChI is InChI=1S/C16H25N3O2/c1-15(2)6-8-16(21,9-7-15)12-17-14(20)5-4-13-10-18-19(3)11-13/h4-5,10-11,21H,6-9,12H2,1-3H3,(H,17,20). The second-order valence-electron chi connectivity index (χ2n) is 6.89. The van der Waals surface area contributed by atoms with Crippen LogP contribution in [0.1, 0.15) is 45.1 Å². The van der Waals surface area contributed by atoms with Gasteiger partial charge >= 0.3 is 0 Å². The molecule has 0 atom stereocenters. The monoisotopic (exact) mass is 291 g/mol. The molecule has 1 aromatic rings. The molecule has 21 heavy (non-hydrogen) atoms. The van der Waals surface area contributed by atoms with E-state index in [1.54, 1.807) is 17.0 Å². The van der Waals surface area contributed by atoms with Crippen molar-refractivity contribution in [3.05, 3.63) is 24.0 Å². The first-order chi connectivity index (χ1) is 9.78. The summed E-state index contributed by atoms with van der Waals surface area (Å²) in [6.07, 6.45) is 10.2. The van der Waals surface area contributed by atoms with Crippen LogP contribution in [-0.2, 0) is 11.8 Å². The van der Waals surface area contributed by atoms with E-state index in [2.05, 4.69) is 24.3 Å². The van der Waals surface area contributed by atoms with E-state index < -0.39 is 5.60 Å². The summed E-state index contributed by atoms with van der Waals surface area (Å²) < 4.78 is 1.68. The van der Waals surface area contributed by atoms with E-state index in [9.17, 15) is 9.90 Å². The Kier molecular flexibility index (Phi) is 4.52. The first kappa shape index (κ1) is 15.8. The predicted molar refractivity (Wildman–Crippen MR) is 82.5 cm³/mol. The van der Waals surface area contributed by atoms with Gasteiger partial charge in [0.15, 0.2) is 0 Å². The lowest BCUT2D eigenvalue weighted by atomic mass is 9.71. The minimum atomic E-state index is -0.757. The molecule has 1 saturated carbocycles. The van der Waals surface area contributed by atoms with Crippen LogP contribution in [0, 0.1) is 5.41 Å². The summed E-state index contributed by atoms with van der Waals surface area (Å²) in [6.45, 7) is 4.77. The van der Waals surface area contributed by atoms with E-state index in [-0.39, 0.29) is 5.91 Å². The van der Waals surface area contributed by atoms with Crippen LogP contribution in [0.5, 0.6) is 0 Å². The van der Waals surface area contributed by atoms with E-state index in [4.69, 9.17) is 0 Å². The first-order valence-electron chi connectivity index (χ1n) is 7.45. The number of hydrogen-bond donors (Lipinski definition) is 2. The molecule has 0 aliphatic heterocycles. The van der Waals surface area contributed by atoms with Crippen LogP contribution < -0.4 is 5.32 Å². The van der Waals surface area contributed by atoms with Crippen LogP contribution in [0.2, 0.25) is 0 Å². The van der Waals surface area contributed by atoms with Crippen molar-refractivity contribution in [3.63, 3.8) is 0 Å². The van der Waals surface area contributed by atoms with Gasteiger partial charge in [0.1, 0.15) is 0 Å². The zero-order chi connectivity index (χ0) is 15.5. The van der Waals surface area contributed by atoms with Gasteiger partial charge in [-0.2, -0.15) is 5.10 Å². The van der Waals surface area contributed by atoms with E-state index in [0.29, 0.717) is 12.0 Å². The summed E-state index contributed by atoms with van der Waals surface area (Å²) in [5, 5.41) is 17.3. The molecule has 2 rings (SSSR count). The molecule has 1 heterocycles. The van der Waals surface area contributed by atoms with Gasteiger partial charge in [0, 0.05) is 31.4 Å². The van der Waals surface area contributed by atoms with Crippen LogP contribution >= 0.6 is 0 Å². The maximum Gasteiger partial charge on any atom is 0.244 e. The summed E-state index contributed by atoms with van der Waals surface area (Å²) in [7, 11) is 1.83. The SMILES string of the molecule is Cn1cc(C=CC(=O)NCC2(O)CCC(C)(C)CC2)cn1. The van der Waals surface area contributed by atoms with Crippen LogP contribution in [-0.4, -0.2) is 32.9 Å². The van der Waals surface area contributed by atoms with Gasteiger partial charge in [-0.1, -0.05) is 13.8 Å². The second-order valence-corrected chi connectivity index (χ2v) is 6.89. The van der Waals surface area contributed by atoms with Crippen LogP contribution in [0.15, 0.2) is 18.5 Å². The van der Waals surface area contributed by atoms with Crippen LogP contribution in [0.25, 0.3) is 6.08 Å². The molecule has 0 saturated heterocycles. The molecule has 5 nitrogen and oxygen atoms in total. The average molecular weight is 291 g/mol. The third kappa shape index (κ3) is 4.70. The topological polar surface area (TPSA) is 67.2 Å². The van der Waals surface area contributed by atoms with Gasteiger partial charge in [-0.15, -0.1) is 0 Å². The molecule has 1 aliphatic carbocycles. The fourth-order valence-electron chi connectivity index (χ4n) is 2.58. The van der Waals surface area contributed by atoms with E-state index in [1.807, 2.05) is 13.2 Å². The lowest BCUT2D eigenvalue weighted by Crippen LogP contribution is -2.46. The highest BCUT2D eigenvalue weighted by Crippen LogP contribution is 2.39. The first-order valence-corrected chi connectivity index (χ1v) is 7.45. The number of rotatable bonds is 4. The highest BCUT2D eigenvalue weighted by atomic mass is 16.3. The Balaban J connectivity index is 1.80. The van der Waals surface area contributed by atoms with E-state index >= 15 is 0 Å². The van der Waals surface area contributed by atoms with Gasteiger partial charge in [0.2, 0.25) is 5.91 Å². The molecule has 2 N–H and O–H groups in total. The van der Waals surface area contributed by atoms with Gasteiger partial charge in [0.05, 0.1) is 11.8 Å². The van der Waals surface area contributed by atoms with Crippen molar-refractivity contribution >= 4 is 12.0 Å². The molecule has 0 radical (unpaired) electrons. The number of aromatic nitrogens is 2. The van der Waals surface area contributed by atoms with Gasteiger partial charge in [0.25, 0.3) is 0 Å². The van der Waals surface area contributed by atoms with Crippen molar-refractivity contribution in [1.82, 2.24) is 15.1 Å². The summed E-state index contributed by atoms with van der Waals surface area (Å²) in [5.41, 5.74) is 0.426. The van der Waals surface area contributed by atoms with Crippen molar-refractivity contribution in [2.24, 2.45) is 12.5 Å². The molecular weight excluding hydrogens is 266 g/mol. The van der Waals surface area contributed by atoms with Crippen molar-refractivity contribution in [1.29, 1.82) is 0 Å². The molecule has 0 bridgehead atoms. The van der Waals surface area contributed by atoms with E-state index in [0.717, 1.165) is 31.2 Å². The number of aryl methyl sites for hydroxylation is 1. The number of aliphatic hydroxyl groups is 1. The van der Waals surface area contributed by atoms with Gasteiger partial charge < -0.3 is 10.4 Å². The van der Waals surface area contributed by atoms with Crippen molar-refractivity contribution < 1.29 is 9.90 Å². The van der Waals surface area contributed by atoms with Crippen molar-refractivity contribution in [2.75, 3.05) is 6.54 Å². The highest BCUT2D eigenvalue weighted by Gasteiger charge is 2.36. The molecular formula is C16H25N3O2. The molecule has 1 amide bonds. The molecule has 1 aliphatic rings. The Hall–Kier alpha value is -1.62. The molecule has 1 fully saturated rings. The molecule has 1 aromatic heterocycles. The van der Waals surface area contributed by atoms with Crippen LogP contribution in [0.3, 0.4) is 0 Å². The lowest BCUT2D eigenvalue weighted by molar-refractivity contribution is -0.118. The second kappa shape index (κ2) is 6.02. The van der Waals surface area contributed by atoms with Crippen LogP contribution in [0.4, 0.5) is 0 Å². The Morgan fingerprint density at radius 2 is 2.10 bits per heavy atom. The quantitative estimate of drug-likeness (QED) is 0.832. The summed E-state index contributed by atoms with van der Waals surface area (Å²) >= 11 is 0. The lowest BCUT2D eigenvalue weighted by Gasteiger charge is -2.40. The molecule has 0 unspecified atom stereocenters. The number of carbonyl (C=O) groups is 1. The number of nitrogens with one attached hydrogen (secondary N) is 1. The van der Waals surface area contributed by atoms with Crippen molar-refractivity contribution in [3.8, 4) is 0 Å². The Morgan fingerprint density at radius 1 is 1.43 bits per heavy atom. The Labute approximate surface area is 126 Å². The molecule has 5 heteroatoms. The number of hydrogen-bond acceptors (Lipinski definition) is 3. The number of carbonyl (C=O) groups excluding carboxylic acids is 1. The van der Waals surface area contributed by atoms with Gasteiger partial charge in [-0.05, 0) is 37.2 Å². The number of nitrogens with zero attached hydrogens (tertiary/aromatic N) is 2. The average Bonchev–Trinajstić information content (AvgIpc) is 2.84. The van der Waals surface area contributed by atoms with E-state index in [1.165, 1.54) is 6.08 Å². The number of amides is 1. The van der Waals surface area contributed by atoms with Gasteiger partial charge in [-0.3, -0.25) is 9.48 Å². The summed E-state index contributed by atoms with van der Waals surface area (Å²) in [6, 6.07) is 0. The summed E-state index contributed by atoms with van der Waals surface area (Å²) in [5.74, 6) is -0.183. The fourth-order valence-corrected chi connectivity index (χ4v) is 2.58. The maximum absolute atomic E-state index is 11.8. The smallest absolute Gasteiger partial charge is 0.244 e. The largest absolute Gasteiger partial charge is 0.388 e. The molecule has 0 aromatic carbocycles. The Bertz CT molecular complexity index is 521. The molecule has 116 valence electrons. The Morgan fingerprint density at radius 3 is 2.67 bits per heavy atom. The maximum atomic E-state index is 11.8.